The summed E-state index contributed by atoms with van der Waals surface area (Å²) in [6, 6.07) is 4.90. The van der Waals surface area contributed by atoms with E-state index in [1.165, 1.54) is 6.07 Å². The fraction of sp³-hybridized carbons (Fsp3) is 0.364. The van der Waals surface area contributed by atoms with Crippen molar-refractivity contribution in [2.45, 2.75) is 20.8 Å². The molecule has 14 heavy (non-hydrogen) atoms. The van der Waals surface area contributed by atoms with Gasteiger partial charge in [-0.1, -0.05) is 19.9 Å². The van der Waals surface area contributed by atoms with Crippen LogP contribution in [0.3, 0.4) is 0 Å². The second-order valence-electron chi connectivity index (χ2n) is 3.65. The van der Waals surface area contributed by atoms with Crippen LogP contribution >= 0.6 is 0 Å². The molecule has 0 saturated heterocycles. The predicted octanol–water partition coefficient (Wildman–Crippen LogP) is 2.78. The van der Waals surface area contributed by atoms with E-state index in [-0.39, 0.29) is 11.7 Å². The molecular formula is C11H15FN2. The molecule has 2 nitrogen and oxygen atoms in total. The Morgan fingerprint density at radius 1 is 1.43 bits per heavy atom. The molecule has 1 aromatic rings. The molecule has 1 rings (SSSR count). The van der Waals surface area contributed by atoms with Gasteiger partial charge in [-0.15, -0.1) is 0 Å². The van der Waals surface area contributed by atoms with Gasteiger partial charge in [0, 0.05) is 5.92 Å². The number of benzene rings is 1. The van der Waals surface area contributed by atoms with E-state index >= 15 is 0 Å². The van der Waals surface area contributed by atoms with Crippen molar-refractivity contribution >= 4 is 11.5 Å². The highest BCUT2D eigenvalue weighted by atomic mass is 19.1. The lowest BCUT2D eigenvalue weighted by Gasteiger charge is -2.04. The highest BCUT2D eigenvalue weighted by Crippen LogP contribution is 2.19. The van der Waals surface area contributed by atoms with Gasteiger partial charge >= 0.3 is 0 Å². The van der Waals surface area contributed by atoms with Gasteiger partial charge in [0.2, 0.25) is 0 Å². The highest BCUT2D eigenvalue weighted by Gasteiger charge is 2.03. The minimum atomic E-state index is -0.325. The molecule has 0 heterocycles. The lowest BCUT2D eigenvalue weighted by molar-refractivity contribution is 0.628. The monoisotopic (exact) mass is 194 g/mol. The molecule has 0 atom stereocenters. The second kappa shape index (κ2) is 4.22. The number of hydrogen-bond donors (Lipinski definition) is 1. The Hall–Kier alpha value is -1.38. The summed E-state index contributed by atoms with van der Waals surface area (Å²) in [6.07, 6.45) is 0. The largest absolute Gasteiger partial charge is 0.387 e. The van der Waals surface area contributed by atoms with Crippen molar-refractivity contribution in [3.05, 3.63) is 29.6 Å². The smallest absolute Gasteiger partial charge is 0.149 e. The number of nitrogens with zero attached hydrogens (tertiary/aromatic N) is 1. The quantitative estimate of drug-likeness (QED) is 0.570. The van der Waals surface area contributed by atoms with Crippen molar-refractivity contribution in [2.75, 3.05) is 0 Å². The normalized spacial score (nSPS) is 12.2. The predicted molar refractivity (Wildman–Crippen MR) is 57.3 cm³/mol. The van der Waals surface area contributed by atoms with Gasteiger partial charge in [0.1, 0.15) is 17.3 Å². The summed E-state index contributed by atoms with van der Waals surface area (Å²) in [6.45, 7) is 5.68. The molecule has 3 heteroatoms. The molecule has 0 saturated carbocycles. The van der Waals surface area contributed by atoms with Crippen molar-refractivity contribution in [1.29, 1.82) is 0 Å². The molecule has 0 fully saturated rings. The third kappa shape index (κ3) is 2.55. The molecule has 0 aliphatic carbocycles. The van der Waals surface area contributed by atoms with Gasteiger partial charge in [0.25, 0.3) is 0 Å². The fourth-order valence-corrected chi connectivity index (χ4v) is 0.971. The molecule has 0 aromatic heterocycles. The Morgan fingerprint density at radius 3 is 2.57 bits per heavy atom. The maximum absolute atomic E-state index is 13.3. The molecule has 0 spiro atoms. The average Bonchev–Trinajstić information content (AvgIpc) is 2.09. The Morgan fingerprint density at radius 2 is 2.07 bits per heavy atom. The lowest BCUT2D eigenvalue weighted by atomic mass is 10.2. The number of halogens is 1. The van der Waals surface area contributed by atoms with Crippen LogP contribution in [0, 0.1) is 18.7 Å². The molecule has 0 amide bonds. The maximum atomic E-state index is 13.3. The minimum Gasteiger partial charge on any atom is -0.387 e. The van der Waals surface area contributed by atoms with Crippen molar-refractivity contribution < 1.29 is 4.39 Å². The summed E-state index contributed by atoms with van der Waals surface area (Å²) < 4.78 is 13.3. The Kier molecular flexibility index (Phi) is 3.23. The first-order valence-corrected chi connectivity index (χ1v) is 4.61. The topological polar surface area (TPSA) is 38.4 Å². The van der Waals surface area contributed by atoms with E-state index in [4.69, 9.17) is 5.73 Å². The van der Waals surface area contributed by atoms with E-state index in [1.807, 2.05) is 26.8 Å². The first-order valence-electron chi connectivity index (χ1n) is 4.61. The number of rotatable bonds is 2. The SMILES string of the molecule is Cc1ccc(N=C(N)C(C)C)c(F)c1. The van der Waals surface area contributed by atoms with Crippen molar-refractivity contribution in [3.8, 4) is 0 Å². The molecule has 0 bridgehead atoms. The maximum Gasteiger partial charge on any atom is 0.149 e. The zero-order chi connectivity index (χ0) is 10.7. The lowest BCUT2D eigenvalue weighted by Crippen LogP contribution is -2.18. The summed E-state index contributed by atoms with van der Waals surface area (Å²) in [7, 11) is 0. The van der Waals surface area contributed by atoms with E-state index in [2.05, 4.69) is 4.99 Å². The van der Waals surface area contributed by atoms with Crippen molar-refractivity contribution in [3.63, 3.8) is 0 Å². The van der Waals surface area contributed by atoms with Crippen LogP contribution in [-0.2, 0) is 0 Å². The van der Waals surface area contributed by atoms with Gasteiger partial charge in [-0.3, -0.25) is 0 Å². The van der Waals surface area contributed by atoms with Gasteiger partial charge in [0.05, 0.1) is 0 Å². The zero-order valence-corrected chi connectivity index (χ0v) is 8.71. The van der Waals surface area contributed by atoms with E-state index in [1.54, 1.807) is 6.07 Å². The number of aryl methyl sites for hydroxylation is 1. The fourth-order valence-electron chi connectivity index (χ4n) is 0.971. The molecule has 0 radical (unpaired) electrons. The summed E-state index contributed by atoms with van der Waals surface area (Å²) >= 11 is 0. The highest BCUT2D eigenvalue weighted by molar-refractivity contribution is 5.84. The van der Waals surface area contributed by atoms with Crippen LogP contribution in [0.25, 0.3) is 0 Å². The van der Waals surface area contributed by atoms with Crippen LogP contribution in [0.2, 0.25) is 0 Å². The van der Waals surface area contributed by atoms with Gasteiger partial charge in [-0.2, -0.15) is 0 Å². The Balaban J connectivity index is 3.03. The molecule has 0 aliphatic rings. The van der Waals surface area contributed by atoms with Crippen LogP contribution in [0.4, 0.5) is 10.1 Å². The Bertz CT molecular complexity index is 356. The standard InChI is InChI=1S/C11H15FN2/c1-7(2)11(13)14-10-5-4-8(3)6-9(10)12/h4-7H,1-3H3,(H2,13,14). The van der Waals surface area contributed by atoms with Crippen molar-refractivity contribution in [2.24, 2.45) is 16.6 Å². The van der Waals surface area contributed by atoms with Crippen LogP contribution in [0.15, 0.2) is 23.2 Å². The van der Waals surface area contributed by atoms with Crippen LogP contribution < -0.4 is 5.73 Å². The number of hydrogen-bond acceptors (Lipinski definition) is 1. The van der Waals surface area contributed by atoms with Crippen LogP contribution in [-0.4, -0.2) is 5.84 Å². The van der Waals surface area contributed by atoms with Crippen LogP contribution in [0.1, 0.15) is 19.4 Å². The minimum absolute atomic E-state index is 0.135. The first kappa shape index (κ1) is 10.7. The summed E-state index contributed by atoms with van der Waals surface area (Å²) in [5.41, 5.74) is 6.83. The summed E-state index contributed by atoms with van der Waals surface area (Å²) in [4.78, 5) is 4.02. The third-order valence-corrected chi connectivity index (χ3v) is 1.94. The molecule has 0 aliphatic heterocycles. The molecular weight excluding hydrogens is 179 g/mol. The third-order valence-electron chi connectivity index (χ3n) is 1.94. The van der Waals surface area contributed by atoms with Gasteiger partial charge in [0.15, 0.2) is 0 Å². The molecule has 1 aromatic carbocycles. The number of nitrogens with two attached hydrogens (primary N) is 1. The number of amidine groups is 1. The second-order valence-corrected chi connectivity index (χ2v) is 3.65. The summed E-state index contributed by atoms with van der Waals surface area (Å²) in [5.74, 6) is 0.261. The van der Waals surface area contributed by atoms with Crippen molar-refractivity contribution in [1.82, 2.24) is 0 Å². The first-order chi connectivity index (χ1) is 6.50. The van der Waals surface area contributed by atoms with Crippen LogP contribution in [0.5, 0.6) is 0 Å². The molecule has 76 valence electrons. The molecule has 2 N–H and O–H groups in total. The van der Waals surface area contributed by atoms with Gasteiger partial charge in [-0.25, -0.2) is 9.38 Å². The number of aliphatic imine (C=N–C) groups is 1. The van der Waals surface area contributed by atoms with Gasteiger partial charge in [-0.05, 0) is 24.6 Å². The van der Waals surface area contributed by atoms with E-state index in [0.29, 0.717) is 11.5 Å². The average molecular weight is 194 g/mol. The van der Waals surface area contributed by atoms with E-state index in [0.717, 1.165) is 5.56 Å². The Labute approximate surface area is 83.7 Å². The van der Waals surface area contributed by atoms with Gasteiger partial charge < -0.3 is 5.73 Å². The zero-order valence-electron chi connectivity index (χ0n) is 8.71. The van der Waals surface area contributed by atoms with E-state index in [9.17, 15) is 4.39 Å². The van der Waals surface area contributed by atoms with E-state index < -0.39 is 0 Å². The summed E-state index contributed by atoms with van der Waals surface area (Å²) in [5, 5.41) is 0. The molecule has 0 unspecified atom stereocenters.